The number of rotatable bonds is 1. The van der Waals surface area contributed by atoms with E-state index in [1.807, 2.05) is 0 Å². The Morgan fingerprint density at radius 3 is 2.87 bits per heavy atom. The number of ketones is 1. The number of carbonyl (C=O) groups excluding carboxylic acids is 1. The number of dihydropyridines is 1. The average molecular weight is 209 g/mol. The van der Waals surface area contributed by atoms with Crippen molar-refractivity contribution in [1.82, 2.24) is 5.32 Å². The highest BCUT2D eigenvalue weighted by atomic mass is 16.4. The summed E-state index contributed by atoms with van der Waals surface area (Å²) in [6.07, 6.45) is 1.93. The molecule has 0 saturated heterocycles. The molecule has 1 heterocycles. The first-order chi connectivity index (χ1) is 7.09. The number of carboxylic acid groups (broad SMARTS) is 1. The standard InChI is InChI=1S/C10H11NO4/c12-8-3-1-2-7-5(8)4-6(10(14)15)9(13)11-7/h4,9,11,13H,1-3H2,(H,14,15). The lowest BCUT2D eigenvalue weighted by Gasteiger charge is -2.27. The zero-order chi connectivity index (χ0) is 11.0. The highest BCUT2D eigenvalue weighted by Gasteiger charge is 2.29. The molecule has 80 valence electrons. The van der Waals surface area contributed by atoms with Crippen LogP contribution in [-0.4, -0.2) is 28.2 Å². The number of hydrogen-bond donors (Lipinski definition) is 3. The van der Waals surface area contributed by atoms with Crippen molar-refractivity contribution in [3.05, 3.63) is 22.9 Å². The largest absolute Gasteiger partial charge is 0.478 e. The van der Waals surface area contributed by atoms with Crippen LogP contribution in [0.5, 0.6) is 0 Å². The quantitative estimate of drug-likeness (QED) is 0.562. The van der Waals surface area contributed by atoms with Crippen LogP contribution in [0.15, 0.2) is 22.9 Å². The van der Waals surface area contributed by atoms with Gasteiger partial charge in [0.2, 0.25) is 0 Å². The predicted octanol–water partition coefficient (Wildman–Crippen LogP) is -0.0739. The van der Waals surface area contributed by atoms with E-state index in [2.05, 4.69) is 5.32 Å². The topological polar surface area (TPSA) is 86.6 Å². The van der Waals surface area contributed by atoms with Gasteiger partial charge in [0.25, 0.3) is 0 Å². The van der Waals surface area contributed by atoms with Crippen molar-refractivity contribution < 1.29 is 19.8 Å². The predicted molar refractivity (Wildman–Crippen MR) is 50.7 cm³/mol. The second-order valence-electron chi connectivity index (χ2n) is 3.62. The molecule has 0 aromatic carbocycles. The van der Waals surface area contributed by atoms with Crippen molar-refractivity contribution in [2.75, 3.05) is 0 Å². The minimum absolute atomic E-state index is 0.0607. The van der Waals surface area contributed by atoms with Gasteiger partial charge in [0, 0.05) is 17.7 Å². The van der Waals surface area contributed by atoms with E-state index in [1.54, 1.807) is 0 Å². The zero-order valence-corrected chi connectivity index (χ0v) is 7.99. The van der Waals surface area contributed by atoms with Crippen molar-refractivity contribution in [3.63, 3.8) is 0 Å². The molecule has 0 bridgehead atoms. The van der Waals surface area contributed by atoms with Crippen LogP contribution in [0.2, 0.25) is 0 Å². The minimum atomic E-state index is -1.22. The molecule has 0 aromatic heterocycles. The fraction of sp³-hybridized carbons (Fsp3) is 0.400. The van der Waals surface area contributed by atoms with Crippen LogP contribution in [0.3, 0.4) is 0 Å². The number of allylic oxidation sites excluding steroid dienone is 3. The van der Waals surface area contributed by atoms with Crippen LogP contribution in [0, 0.1) is 0 Å². The Hall–Kier alpha value is -1.62. The summed E-state index contributed by atoms with van der Waals surface area (Å²) in [6.45, 7) is 0. The number of nitrogens with one attached hydrogen (secondary N) is 1. The molecule has 3 N–H and O–H groups in total. The summed E-state index contributed by atoms with van der Waals surface area (Å²) < 4.78 is 0. The van der Waals surface area contributed by atoms with Crippen LogP contribution in [0.1, 0.15) is 19.3 Å². The summed E-state index contributed by atoms with van der Waals surface area (Å²) in [5.74, 6) is -1.27. The molecule has 0 saturated carbocycles. The van der Waals surface area contributed by atoms with Gasteiger partial charge in [-0.15, -0.1) is 0 Å². The molecule has 2 aliphatic rings. The van der Waals surface area contributed by atoms with Gasteiger partial charge >= 0.3 is 5.97 Å². The van der Waals surface area contributed by atoms with Crippen molar-refractivity contribution in [3.8, 4) is 0 Å². The summed E-state index contributed by atoms with van der Waals surface area (Å²) >= 11 is 0. The van der Waals surface area contributed by atoms with Gasteiger partial charge in [-0.2, -0.15) is 0 Å². The number of aliphatic hydroxyl groups is 1. The third kappa shape index (κ3) is 1.66. The van der Waals surface area contributed by atoms with Gasteiger partial charge in [-0.3, -0.25) is 4.79 Å². The number of carboxylic acids is 1. The number of Topliss-reactive ketones (excluding diaryl/α,β-unsaturated/α-hetero) is 1. The van der Waals surface area contributed by atoms with Crippen molar-refractivity contribution >= 4 is 11.8 Å². The Morgan fingerprint density at radius 2 is 2.20 bits per heavy atom. The van der Waals surface area contributed by atoms with Crippen LogP contribution in [-0.2, 0) is 9.59 Å². The summed E-state index contributed by atoms with van der Waals surface area (Å²) in [6, 6.07) is 0. The lowest BCUT2D eigenvalue weighted by atomic mass is 9.90. The lowest BCUT2D eigenvalue weighted by molar-refractivity contribution is -0.133. The highest BCUT2D eigenvalue weighted by molar-refractivity contribution is 6.02. The van der Waals surface area contributed by atoms with Crippen LogP contribution in [0.4, 0.5) is 0 Å². The van der Waals surface area contributed by atoms with Crippen molar-refractivity contribution in [2.45, 2.75) is 25.5 Å². The Bertz CT molecular complexity index is 394. The maximum Gasteiger partial charge on any atom is 0.336 e. The van der Waals surface area contributed by atoms with Gasteiger partial charge in [0.1, 0.15) is 0 Å². The normalized spacial score (nSPS) is 25.5. The SMILES string of the molecule is O=C(O)C1=CC2=C(CCCC2=O)NC1O. The fourth-order valence-corrected chi connectivity index (χ4v) is 1.84. The summed E-state index contributed by atoms with van der Waals surface area (Å²) in [7, 11) is 0. The molecule has 1 aliphatic heterocycles. The molecule has 0 amide bonds. The molecule has 2 rings (SSSR count). The Morgan fingerprint density at radius 1 is 1.47 bits per heavy atom. The first-order valence-electron chi connectivity index (χ1n) is 4.75. The van der Waals surface area contributed by atoms with Crippen molar-refractivity contribution in [1.29, 1.82) is 0 Å². The van der Waals surface area contributed by atoms with E-state index in [-0.39, 0.29) is 11.4 Å². The molecule has 1 atom stereocenters. The lowest BCUT2D eigenvalue weighted by Crippen LogP contribution is -2.38. The first kappa shape index (κ1) is 9.92. The number of hydrogen-bond acceptors (Lipinski definition) is 4. The van der Waals surface area contributed by atoms with E-state index in [1.165, 1.54) is 6.08 Å². The highest BCUT2D eigenvalue weighted by Crippen LogP contribution is 2.26. The Balaban J connectivity index is 2.41. The Labute approximate surface area is 86.1 Å². The van der Waals surface area contributed by atoms with E-state index in [9.17, 15) is 14.7 Å². The smallest absolute Gasteiger partial charge is 0.336 e. The minimum Gasteiger partial charge on any atom is -0.478 e. The molecule has 5 heteroatoms. The molecule has 0 radical (unpaired) electrons. The molecule has 1 unspecified atom stereocenters. The van der Waals surface area contributed by atoms with Gasteiger partial charge in [-0.1, -0.05) is 0 Å². The monoisotopic (exact) mass is 209 g/mol. The average Bonchev–Trinajstić information content (AvgIpc) is 2.16. The van der Waals surface area contributed by atoms with Gasteiger partial charge in [0.15, 0.2) is 12.0 Å². The molecule has 0 spiro atoms. The molecule has 5 nitrogen and oxygen atoms in total. The number of carbonyl (C=O) groups is 2. The van der Waals surface area contributed by atoms with Gasteiger partial charge in [-0.25, -0.2) is 4.79 Å². The second kappa shape index (κ2) is 3.51. The van der Waals surface area contributed by atoms with Gasteiger partial charge in [0.05, 0.1) is 5.57 Å². The second-order valence-corrected chi connectivity index (χ2v) is 3.62. The van der Waals surface area contributed by atoms with Gasteiger partial charge < -0.3 is 15.5 Å². The van der Waals surface area contributed by atoms with Crippen LogP contribution >= 0.6 is 0 Å². The molecule has 0 fully saturated rings. The first-order valence-corrected chi connectivity index (χ1v) is 4.75. The number of aliphatic carboxylic acids is 1. The van der Waals surface area contributed by atoms with E-state index < -0.39 is 12.2 Å². The van der Waals surface area contributed by atoms with E-state index in [4.69, 9.17) is 5.11 Å². The zero-order valence-electron chi connectivity index (χ0n) is 7.99. The molecular weight excluding hydrogens is 198 g/mol. The molecule has 15 heavy (non-hydrogen) atoms. The third-order valence-corrected chi connectivity index (χ3v) is 2.61. The molecule has 0 aromatic rings. The van der Waals surface area contributed by atoms with Crippen LogP contribution < -0.4 is 5.32 Å². The third-order valence-electron chi connectivity index (χ3n) is 2.61. The molecule has 1 aliphatic carbocycles. The maximum absolute atomic E-state index is 11.5. The maximum atomic E-state index is 11.5. The number of aliphatic hydroxyl groups excluding tert-OH is 1. The van der Waals surface area contributed by atoms with E-state index >= 15 is 0 Å². The summed E-state index contributed by atoms with van der Waals surface area (Å²) in [5, 5.41) is 20.9. The fourth-order valence-electron chi connectivity index (χ4n) is 1.84. The summed E-state index contributed by atoms with van der Waals surface area (Å²) in [5.41, 5.74) is 0.886. The van der Waals surface area contributed by atoms with Gasteiger partial charge in [-0.05, 0) is 18.9 Å². The summed E-state index contributed by atoms with van der Waals surface area (Å²) in [4.78, 5) is 22.2. The van der Waals surface area contributed by atoms with E-state index in [0.717, 1.165) is 6.42 Å². The van der Waals surface area contributed by atoms with Crippen molar-refractivity contribution in [2.24, 2.45) is 0 Å². The van der Waals surface area contributed by atoms with E-state index in [0.29, 0.717) is 24.1 Å². The molecular formula is C10H11NO4. The van der Waals surface area contributed by atoms with Crippen LogP contribution in [0.25, 0.3) is 0 Å². The Kier molecular flexibility index (Phi) is 2.32.